The summed E-state index contributed by atoms with van der Waals surface area (Å²) in [5.74, 6) is 1.64. The van der Waals surface area contributed by atoms with Gasteiger partial charge in [0.1, 0.15) is 5.75 Å². The summed E-state index contributed by atoms with van der Waals surface area (Å²) in [5, 5.41) is 6.56. The van der Waals surface area contributed by atoms with Crippen molar-refractivity contribution >= 4 is 5.96 Å². The van der Waals surface area contributed by atoms with Crippen molar-refractivity contribution in [2.24, 2.45) is 4.99 Å². The number of hydrogen-bond acceptors (Lipinski definition) is 4. The van der Waals surface area contributed by atoms with Gasteiger partial charge in [0.25, 0.3) is 0 Å². The number of rotatable bonds is 8. The van der Waals surface area contributed by atoms with E-state index in [0.29, 0.717) is 6.61 Å². The van der Waals surface area contributed by atoms with Crippen LogP contribution in [-0.4, -0.2) is 65.9 Å². The fourth-order valence-corrected chi connectivity index (χ4v) is 2.13. The van der Waals surface area contributed by atoms with Gasteiger partial charge in [0.2, 0.25) is 0 Å². The fourth-order valence-electron chi connectivity index (χ4n) is 2.13. The molecule has 0 heterocycles. The number of likely N-dealkylation sites (N-methyl/N-ethyl adjacent to an activating group) is 1. The monoisotopic (exact) mass is 308 g/mol. The first kappa shape index (κ1) is 18.3. The molecule has 0 saturated carbocycles. The van der Waals surface area contributed by atoms with Crippen LogP contribution in [0.2, 0.25) is 0 Å². The molecule has 1 aromatic rings. The Bertz CT molecular complexity index is 463. The molecule has 1 atom stereocenters. The van der Waals surface area contributed by atoms with Gasteiger partial charge in [-0.3, -0.25) is 4.99 Å². The summed E-state index contributed by atoms with van der Waals surface area (Å²) in [7, 11) is 9.25. The first-order chi connectivity index (χ1) is 10.6. The summed E-state index contributed by atoms with van der Waals surface area (Å²) >= 11 is 0. The molecule has 0 fully saturated rings. The van der Waals surface area contributed by atoms with Crippen LogP contribution >= 0.6 is 0 Å². The van der Waals surface area contributed by atoms with E-state index in [0.717, 1.165) is 24.8 Å². The molecule has 1 aromatic carbocycles. The van der Waals surface area contributed by atoms with Crippen LogP contribution < -0.4 is 15.4 Å². The van der Waals surface area contributed by atoms with Gasteiger partial charge in [-0.15, -0.1) is 0 Å². The average Bonchev–Trinajstić information content (AvgIpc) is 2.53. The maximum Gasteiger partial charge on any atom is 0.191 e. The number of guanidine groups is 1. The predicted molar refractivity (Wildman–Crippen MR) is 90.7 cm³/mol. The number of benzene rings is 1. The van der Waals surface area contributed by atoms with E-state index in [2.05, 4.69) is 46.8 Å². The minimum Gasteiger partial charge on any atom is -0.497 e. The second kappa shape index (κ2) is 10.0. The summed E-state index contributed by atoms with van der Waals surface area (Å²) in [6.45, 7) is 2.11. The Morgan fingerprint density at radius 3 is 2.64 bits per heavy atom. The zero-order valence-electron chi connectivity index (χ0n) is 14.2. The van der Waals surface area contributed by atoms with Crippen LogP contribution in [0.25, 0.3) is 0 Å². The molecule has 6 heteroatoms. The van der Waals surface area contributed by atoms with Crippen LogP contribution in [0.15, 0.2) is 29.3 Å². The molecule has 0 aromatic heterocycles. The number of nitrogens with one attached hydrogen (secondary N) is 2. The van der Waals surface area contributed by atoms with Crippen molar-refractivity contribution in [2.45, 2.75) is 6.04 Å². The zero-order valence-corrected chi connectivity index (χ0v) is 14.2. The number of aliphatic imine (C=N–C) groups is 1. The van der Waals surface area contributed by atoms with E-state index in [1.807, 2.05) is 12.1 Å². The van der Waals surface area contributed by atoms with E-state index in [9.17, 15) is 0 Å². The first-order valence-electron chi connectivity index (χ1n) is 7.36. The number of hydrogen-bond donors (Lipinski definition) is 2. The molecule has 0 radical (unpaired) electrons. The molecule has 6 nitrogen and oxygen atoms in total. The second-order valence-electron chi connectivity index (χ2n) is 5.13. The second-order valence-corrected chi connectivity index (χ2v) is 5.13. The lowest BCUT2D eigenvalue weighted by Crippen LogP contribution is -2.42. The van der Waals surface area contributed by atoms with Crippen molar-refractivity contribution < 1.29 is 9.47 Å². The van der Waals surface area contributed by atoms with Gasteiger partial charge in [-0.2, -0.15) is 0 Å². The molecule has 0 bridgehead atoms. The Hall–Kier alpha value is -1.79. The molecule has 1 unspecified atom stereocenters. The smallest absolute Gasteiger partial charge is 0.191 e. The normalized spacial score (nSPS) is 13.1. The van der Waals surface area contributed by atoms with E-state index in [1.165, 1.54) is 5.56 Å². The molecule has 1 rings (SSSR count). The van der Waals surface area contributed by atoms with Gasteiger partial charge in [0.15, 0.2) is 5.96 Å². The predicted octanol–water partition coefficient (Wildman–Crippen LogP) is 1.11. The third-order valence-electron chi connectivity index (χ3n) is 3.39. The molecule has 22 heavy (non-hydrogen) atoms. The molecule has 0 spiro atoms. The lowest BCUT2D eigenvalue weighted by molar-refractivity contribution is 0.203. The molecule has 0 aliphatic rings. The Labute approximate surface area is 133 Å². The summed E-state index contributed by atoms with van der Waals surface area (Å²) < 4.78 is 10.3. The summed E-state index contributed by atoms with van der Waals surface area (Å²) in [4.78, 5) is 6.39. The maximum atomic E-state index is 5.31. The quantitative estimate of drug-likeness (QED) is 0.428. The molecule has 0 aliphatic carbocycles. The number of nitrogens with zero attached hydrogens (tertiary/aromatic N) is 2. The van der Waals surface area contributed by atoms with Gasteiger partial charge in [-0.25, -0.2) is 0 Å². The minimum atomic E-state index is 0.219. The topological polar surface area (TPSA) is 58.1 Å². The van der Waals surface area contributed by atoms with Crippen molar-refractivity contribution in [2.75, 3.05) is 55.1 Å². The standard InChI is InChI=1S/C16H28N4O2/c1-17-16(18-9-10-21-4)19-12-15(20(2)3)13-7-6-8-14(11-13)22-5/h6-8,11,15H,9-10,12H2,1-5H3,(H2,17,18,19). The minimum absolute atomic E-state index is 0.219. The van der Waals surface area contributed by atoms with Gasteiger partial charge < -0.3 is 25.0 Å². The van der Waals surface area contributed by atoms with E-state index in [1.54, 1.807) is 21.3 Å². The highest BCUT2D eigenvalue weighted by molar-refractivity contribution is 5.79. The highest BCUT2D eigenvalue weighted by atomic mass is 16.5. The molecule has 0 saturated heterocycles. The van der Waals surface area contributed by atoms with Gasteiger partial charge in [-0.05, 0) is 31.8 Å². The van der Waals surface area contributed by atoms with Crippen molar-refractivity contribution in [3.05, 3.63) is 29.8 Å². The van der Waals surface area contributed by atoms with Crippen molar-refractivity contribution in [3.63, 3.8) is 0 Å². The third-order valence-corrected chi connectivity index (χ3v) is 3.39. The largest absolute Gasteiger partial charge is 0.497 e. The summed E-state index contributed by atoms with van der Waals surface area (Å²) in [6.07, 6.45) is 0. The zero-order chi connectivity index (χ0) is 16.4. The highest BCUT2D eigenvalue weighted by Gasteiger charge is 2.15. The molecule has 2 N–H and O–H groups in total. The van der Waals surface area contributed by atoms with Crippen LogP contribution in [0.4, 0.5) is 0 Å². The Kier molecular flexibility index (Phi) is 8.32. The van der Waals surface area contributed by atoms with E-state index < -0.39 is 0 Å². The molecular formula is C16H28N4O2. The molecule has 0 amide bonds. The Morgan fingerprint density at radius 1 is 1.27 bits per heavy atom. The highest BCUT2D eigenvalue weighted by Crippen LogP contribution is 2.21. The van der Waals surface area contributed by atoms with E-state index in [4.69, 9.17) is 9.47 Å². The van der Waals surface area contributed by atoms with Crippen LogP contribution in [0.3, 0.4) is 0 Å². The Balaban J connectivity index is 2.67. The van der Waals surface area contributed by atoms with E-state index >= 15 is 0 Å². The van der Waals surface area contributed by atoms with E-state index in [-0.39, 0.29) is 6.04 Å². The number of ether oxygens (including phenoxy) is 2. The third kappa shape index (κ3) is 5.91. The van der Waals surface area contributed by atoms with Gasteiger partial charge in [0, 0.05) is 27.2 Å². The van der Waals surface area contributed by atoms with Gasteiger partial charge in [-0.1, -0.05) is 12.1 Å². The summed E-state index contributed by atoms with van der Waals surface area (Å²) in [5.41, 5.74) is 1.20. The lowest BCUT2D eigenvalue weighted by Gasteiger charge is -2.26. The van der Waals surface area contributed by atoms with Crippen molar-refractivity contribution in [1.82, 2.24) is 15.5 Å². The van der Waals surface area contributed by atoms with Crippen LogP contribution in [0.1, 0.15) is 11.6 Å². The summed E-state index contributed by atoms with van der Waals surface area (Å²) in [6, 6.07) is 8.35. The van der Waals surface area contributed by atoms with Crippen LogP contribution in [0, 0.1) is 0 Å². The molecule has 0 aliphatic heterocycles. The number of methoxy groups -OCH3 is 2. The SMILES string of the molecule is CN=C(NCCOC)NCC(c1cccc(OC)c1)N(C)C. The lowest BCUT2D eigenvalue weighted by atomic mass is 10.1. The molecule has 124 valence electrons. The van der Waals surface area contributed by atoms with Crippen LogP contribution in [-0.2, 0) is 4.74 Å². The van der Waals surface area contributed by atoms with Gasteiger partial charge in [0.05, 0.1) is 19.8 Å². The van der Waals surface area contributed by atoms with Crippen molar-refractivity contribution in [3.8, 4) is 5.75 Å². The average molecular weight is 308 g/mol. The van der Waals surface area contributed by atoms with Crippen molar-refractivity contribution in [1.29, 1.82) is 0 Å². The maximum absolute atomic E-state index is 5.31. The first-order valence-corrected chi connectivity index (χ1v) is 7.36. The molecular weight excluding hydrogens is 280 g/mol. The Morgan fingerprint density at radius 2 is 2.05 bits per heavy atom. The fraction of sp³-hybridized carbons (Fsp3) is 0.562. The van der Waals surface area contributed by atoms with Crippen LogP contribution in [0.5, 0.6) is 5.75 Å². The van der Waals surface area contributed by atoms with Gasteiger partial charge >= 0.3 is 0 Å².